The highest BCUT2D eigenvalue weighted by Crippen LogP contribution is 2.22. The van der Waals surface area contributed by atoms with Gasteiger partial charge in [-0.1, -0.05) is 194 Å². The first-order valence-electron chi connectivity index (χ1n) is 19.2. The predicted molar refractivity (Wildman–Crippen MR) is 191 cm³/mol. The second-order valence-corrected chi connectivity index (χ2v) is 16.6. The molecule has 0 bridgehead atoms. The van der Waals surface area contributed by atoms with Gasteiger partial charge in [-0.25, -0.2) is 0 Å². The topological polar surface area (TPSA) is 118 Å². The fourth-order valence-corrected chi connectivity index (χ4v) is 7.66. The molecule has 7 nitrogen and oxygen atoms in total. The summed E-state index contributed by atoms with van der Waals surface area (Å²) in [4.78, 5) is 0. The van der Waals surface area contributed by atoms with Gasteiger partial charge < -0.3 is 4.74 Å². The molecular weight excluding hydrogens is 609 g/mol. The highest BCUT2D eigenvalue weighted by atomic mass is 32.2. The highest BCUT2D eigenvalue weighted by Gasteiger charge is 2.32. The maximum Gasteiger partial charge on any atom is 0.292 e. The van der Waals surface area contributed by atoms with Crippen LogP contribution in [-0.2, 0) is 25.0 Å². The van der Waals surface area contributed by atoms with E-state index in [2.05, 4.69) is 13.8 Å². The van der Waals surface area contributed by atoms with Crippen molar-refractivity contribution in [3.05, 3.63) is 0 Å². The van der Waals surface area contributed by atoms with E-state index in [1.165, 1.54) is 141 Å². The molecule has 9 heteroatoms. The molecule has 0 radical (unpaired) electrons. The molecule has 0 saturated carbocycles. The second-order valence-electron chi connectivity index (χ2n) is 13.5. The minimum absolute atomic E-state index is 0.0158. The molecule has 0 rings (SSSR count). The molecule has 2 N–H and O–H groups in total. The summed E-state index contributed by atoms with van der Waals surface area (Å²) in [6.45, 7) is 4.49. The van der Waals surface area contributed by atoms with Gasteiger partial charge in [0.2, 0.25) is 0 Å². The van der Waals surface area contributed by atoms with Crippen LogP contribution >= 0.6 is 0 Å². The van der Waals surface area contributed by atoms with Crippen LogP contribution in [0.1, 0.15) is 219 Å². The lowest BCUT2D eigenvalue weighted by Crippen LogP contribution is -2.33. The first-order chi connectivity index (χ1) is 21.6. The van der Waals surface area contributed by atoms with E-state index in [0.717, 1.165) is 38.5 Å². The second kappa shape index (κ2) is 31.1. The fourth-order valence-electron chi connectivity index (χ4n) is 6.11. The fraction of sp³-hybridized carbons (Fsp3) is 1.00. The molecule has 2 atom stereocenters. The van der Waals surface area contributed by atoms with Crippen LogP contribution in [0.3, 0.4) is 0 Å². The molecule has 0 aliphatic rings. The van der Waals surface area contributed by atoms with Crippen molar-refractivity contribution in [1.82, 2.24) is 0 Å². The largest absolute Gasteiger partial charge is 0.338 e. The van der Waals surface area contributed by atoms with Gasteiger partial charge in [0.1, 0.15) is 0 Å². The van der Waals surface area contributed by atoms with Crippen molar-refractivity contribution in [2.45, 2.75) is 230 Å². The van der Waals surface area contributed by atoms with Crippen molar-refractivity contribution < 1.29 is 30.7 Å². The standard InChI is InChI=1S/C36H74O7S2/c1-3-5-7-9-11-13-15-17-19-21-23-25-27-29-31-33-35(44(37,38)39)43-36(45(40,41)42)34-32-30-28-26-24-22-20-18-16-14-12-10-8-6-4-2/h35-36H,3-34H2,1-2H3,(H,37,38,39)(H,40,41,42). The number of ether oxygens (including phenoxy) is 1. The van der Waals surface area contributed by atoms with E-state index >= 15 is 0 Å². The van der Waals surface area contributed by atoms with Crippen molar-refractivity contribution in [2.75, 3.05) is 0 Å². The van der Waals surface area contributed by atoms with Crippen molar-refractivity contribution >= 4 is 20.2 Å². The third-order valence-electron chi connectivity index (χ3n) is 9.05. The van der Waals surface area contributed by atoms with E-state index in [0.29, 0.717) is 12.8 Å². The minimum atomic E-state index is -4.60. The molecule has 0 spiro atoms. The lowest BCUT2D eigenvalue weighted by atomic mass is 10.0. The van der Waals surface area contributed by atoms with E-state index in [-0.39, 0.29) is 12.8 Å². The summed E-state index contributed by atoms with van der Waals surface area (Å²) in [6.07, 6.45) is 35.5. The van der Waals surface area contributed by atoms with Gasteiger partial charge >= 0.3 is 0 Å². The Balaban J connectivity index is 4.03. The molecule has 0 heterocycles. The Labute approximate surface area is 280 Å². The molecule has 0 aromatic carbocycles. The summed E-state index contributed by atoms with van der Waals surface area (Å²) in [5.74, 6) is 0. The summed E-state index contributed by atoms with van der Waals surface area (Å²) in [5.41, 5.74) is -3.27. The lowest BCUT2D eigenvalue weighted by molar-refractivity contribution is 0.0557. The van der Waals surface area contributed by atoms with Gasteiger partial charge in [-0.05, 0) is 25.7 Å². The van der Waals surface area contributed by atoms with Crippen molar-refractivity contribution in [3.8, 4) is 0 Å². The normalized spacial score (nSPS) is 13.8. The number of hydrogen-bond donors (Lipinski definition) is 2. The van der Waals surface area contributed by atoms with E-state index in [4.69, 9.17) is 4.74 Å². The van der Waals surface area contributed by atoms with Crippen molar-refractivity contribution in [2.24, 2.45) is 0 Å². The van der Waals surface area contributed by atoms with Gasteiger partial charge in [0.05, 0.1) is 0 Å². The van der Waals surface area contributed by atoms with Gasteiger partial charge in [-0.2, -0.15) is 16.8 Å². The SMILES string of the molecule is CCCCCCCCCCCCCCCCCC(OC(CCCCCCCCCCCCCCCCC)S(=O)(=O)O)S(=O)(=O)O. The summed E-state index contributed by atoms with van der Waals surface area (Å²) in [6, 6.07) is 0. The molecule has 2 unspecified atom stereocenters. The number of hydrogen-bond acceptors (Lipinski definition) is 5. The zero-order valence-corrected chi connectivity index (χ0v) is 31.2. The molecular formula is C36H74O7S2. The maximum atomic E-state index is 11.9. The quantitative estimate of drug-likeness (QED) is 0.0498. The molecule has 0 aromatic heterocycles. The molecule has 0 fully saturated rings. The Morgan fingerprint density at radius 1 is 0.356 bits per heavy atom. The zero-order valence-electron chi connectivity index (χ0n) is 29.5. The summed E-state index contributed by atoms with van der Waals surface area (Å²) in [7, 11) is -9.19. The molecule has 0 amide bonds. The Kier molecular flexibility index (Phi) is 30.9. The first kappa shape index (κ1) is 44.8. The van der Waals surface area contributed by atoms with Gasteiger partial charge in [-0.3, -0.25) is 9.11 Å². The van der Waals surface area contributed by atoms with Gasteiger partial charge in [0.15, 0.2) is 10.9 Å². The Hall–Kier alpha value is -0.220. The van der Waals surface area contributed by atoms with E-state index in [9.17, 15) is 25.9 Å². The monoisotopic (exact) mass is 682 g/mol. The molecule has 0 aromatic rings. The van der Waals surface area contributed by atoms with Gasteiger partial charge in [-0.15, -0.1) is 0 Å². The summed E-state index contributed by atoms with van der Waals surface area (Å²) >= 11 is 0. The number of unbranched alkanes of at least 4 members (excludes halogenated alkanes) is 28. The molecule has 0 saturated heterocycles. The lowest BCUT2D eigenvalue weighted by Gasteiger charge is -2.21. The van der Waals surface area contributed by atoms with Crippen LogP contribution in [-0.4, -0.2) is 36.8 Å². The van der Waals surface area contributed by atoms with Gasteiger partial charge in [0, 0.05) is 0 Å². The Bertz CT molecular complexity index is 762. The minimum Gasteiger partial charge on any atom is -0.338 e. The van der Waals surface area contributed by atoms with Crippen LogP contribution in [0.15, 0.2) is 0 Å². The summed E-state index contributed by atoms with van der Waals surface area (Å²) in [5, 5.41) is 0. The maximum absolute atomic E-state index is 11.9. The first-order valence-corrected chi connectivity index (χ1v) is 22.2. The van der Waals surface area contributed by atoms with E-state index < -0.39 is 31.1 Å². The number of rotatable bonds is 36. The third kappa shape index (κ3) is 30.8. The van der Waals surface area contributed by atoms with Crippen molar-refractivity contribution in [3.63, 3.8) is 0 Å². The van der Waals surface area contributed by atoms with Crippen LogP contribution in [0.4, 0.5) is 0 Å². The zero-order chi connectivity index (χ0) is 33.5. The Morgan fingerprint density at radius 3 is 0.711 bits per heavy atom. The average molecular weight is 683 g/mol. The van der Waals surface area contributed by atoms with Crippen molar-refractivity contribution in [1.29, 1.82) is 0 Å². The Morgan fingerprint density at radius 2 is 0.533 bits per heavy atom. The van der Waals surface area contributed by atoms with E-state index in [1.807, 2.05) is 0 Å². The molecule has 45 heavy (non-hydrogen) atoms. The van der Waals surface area contributed by atoms with Crippen LogP contribution in [0.25, 0.3) is 0 Å². The van der Waals surface area contributed by atoms with E-state index in [1.54, 1.807) is 0 Å². The summed E-state index contributed by atoms with van der Waals surface area (Å²) < 4.78 is 72.5. The molecule has 0 aliphatic carbocycles. The van der Waals surface area contributed by atoms with Crippen LogP contribution in [0.5, 0.6) is 0 Å². The van der Waals surface area contributed by atoms with Crippen LogP contribution in [0, 0.1) is 0 Å². The smallest absolute Gasteiger partial charge is 0.292 e. The average Bonchev–Trinajstić information content (AvgIpc) is 2.98. The predicted octanol–water partition coefficient (Wildman–Crippen LogP) is 12.0. The molecule has 272 valence electrons. The third-order valence-corrected chi connectivity index (χ3v) is 11.1. The van der Waals surface area contributed by atoms with Crippen LogP contribution in [0.2, 0.25) is 0 Å². The molecule has 0 aliphatic heterocycles. The van der Waals surface area contributed by atoms with Gasteiger partial charge in [0.25, 0.3) is 20.2 Å². The van der Waals surface area contributed by atoms with Crippen LogP contribution < -0.4 is 0 Å². The highest BCUT2D eigenvalue weighted by molar-refractivity contribution is 7.87.